The van der Waals surface area contributed by atoms with E-state index in [0.717, 1.165) is 5.56 Å². The van der Waals surface area contributed by atoms with Gasteiger partial charge in [-0.15, -0.1) is 0 Å². The molecule has 0 spiro atoms. The van der Waals surface area contributed by atoms with Gasteiger partial charge in [0, 0.05) is 12.6 Å². The Kier molecular flexibility index (Phi) is 15.4. The monoisotopic (exact) mass is 301 g/mol. The Morgan fingerprint density at radius 3 is 1.45 bits per heavy atom. The molecule has 122 valence electrons. The molecule has 1 amide bonds. The smallest absolute Gasteiger partial charge is 0.251 e. The fourth-order valence-corrected chi connectivity index (χ4v) is 1.38. The van der Waals surface area contributed by atoms with E-state index in [1.165, 1.54) is 5.56 Å². The summed E-state index contributed by atoms with van der Waals surface area (Å²) in [6, 6.07) is 17.7. The van der Waals surface area contributed by atoms with E-state index in [0.29, 0.717) is 5.56 Å². The third kappa shape index (κ3) is 10.7. The van der Waals surface area contributed by atoms with Crippen molar-refractivity contribution in [3.63, 3.8) is 0 Å². The molecule has 0 aromatic heterocycles. The first-order valence-corrected chi connectivity index (χ1v) is 7.94. The first-order chi connectivity index (χ1) is 10.6. The average Bonchev–Trinajstić information content (AvgIpc) is 2.60. The van der Waals surface area contributed by atoms with Gasteiger partial charge in [0.05, 0.1) is 0 Å². The molecule has 1 N–H and O–H groups in total. The van der Waals surface area contributed by atoms with Gasteiger partial charge in [-0.25, -0.2) is 0 Å². The number of carbonyl (C=O) groups excluding carboxylic acids is 1. The Morgan fingerprint density at radius 2 is 1.14 bits per heavy atom. The summed E-state index contributed by atoms with van der Waals surface area (Å²) in [5.74, 6) is -0.0370. The highest BCUT2D eigenvalue weighted by molar-refractivity contribution is 5.93. The normalized spacial score (nSPS) is 7.95. The molecular formula is C20H31NO. The molecule has 2 heteroatoms. The molecule has 0 aliphatic rings. The molecule has 0 unspecified atom stereocenters. The van der Waals surface area contributed by atoms with Crippen molar-refractivity contribution in [3.8, 4) is 0 Å². The third-order valence-corrected chi connectivity index (χ3v) is 2.48. The van der Waals surface area contributed by atoms with E-state index in [2.05, 4.69) is 24.4 Å². The highest BCUT2D eigenvalue weighted by Gasteiger charge is 1.99. The summed E-state index contributed by atoms with van der Waals surface area (Å²) in [4.78, 5) is 11.0. The summed E-state index contributed by atoms with van der Waals surface area (Å²) < 4.78 is 0. The van der Waals surface area contributed by atoms with Gasteiger partial charge in [0.2, 0.25) is 0 Å². The van der Waals surface area contributed by atoms with Crippen molar-refractivity contribution in [2.75, 3.05) is 7.05 Å². The summed E-state index contributed by atoms with van der Waals surface area (Å²) in [6.45, 7) is 12.1. The number of benzene rings is 2. The maximum absolute atomic E-state index is 11.0. The molecule has 0 aliphatic heterocycles. The zero-order valence-corrected chi connectivity index (χ0v) is 15.1. The zero-order chi connectivity index (χ0) is 17.4. The van der Waals surface area contributed by atoms with Crippen LogP contribution in [0.15, 0.2) is 54.6 Å². The molecule has 2 rings (SSSR count). The second-order valence-electron chi connectivity index (χ2n) is 4.10. The summed E-state index contributed by atoms with van der Waals surface area (Å²) in [5.41, 5.74) is 3.19. The predicted molar refractivity (Wildman–Crippen MR) is 98.4 cm³/mol. The van der Waals surface area contributed by atoms with Crippen molar-refractivity contribution in [2.24, 2.45) is 0 Å². The van der Waals surface area contributed by atoms with E-state index in [-0.39, 0.29) is 5.91 Å². The van der Waals surface area contributed by atoms with Crippen LogP contribution in [0.4, 0.5) is 0 Å². The maximum Gasteiger partial charge on any atom is 0.251 e. The van der Waals surface area contributed by atoms with Gasteiger partial charge in [0.15, 0.2) is 0 Å². The van der Waals surface area contributed by atoms with Crippen LogP contribution in [0.2, 0.25) is 0 Å². The van der Waals surface area contributed by atoms with E-state index >= 15 is 0 Å². The van der Waals surface area contributed by atoms with Gasteiger partial charge in [-0.05, 0) is 26.0 Å². The lowest BCUT2D eigenvalue weighted by atomic mass is 10.1. The third-order valence-electron chi connectivity index (χ3n) is 2.48. The number of hydrogen-bond acceptors (Lipinski definition) is 1. The molecule has 2 aromatic carbocycles. The molecule has 22 heavy (non-hydrogen) atoms. The van der Waals surface area contributed by atoms with Crippen LogP contribution in [0.1, 0.15) is 49.2 Å². The van der Waals surface area contributed by atoms with Crippen LogP contribution in [0.25, 0.3) is 0 Å². The van der Waals surface area contributed by atoms with Crippen LogP contribution < -0.4 is 5.32 Å². The Labute approximate surface area is 136 Å². The van der Waals surface area contributed by atoms with Gasteiger partial charge in [-0.1, -0.05) is 81.3 Å². The van der Waals surface area contributed by atoms with Gasteiger partial charge >= 0.3 is 0 Å². The van der Waals surface area contributed by atoms with Crippen molar-refractivity contribution in [3.05, 3.63) is 71.3 Å². The standard InChI is InChI=1S/C9H11NO.C7H8.2C2H6/c1-7-3-5-8(6-4-7)9(11)10-2;1-7-5-3-2-4-6-7;2*1-2/h3-6H,1-2H3,(H,10,11);2-6H,1H3;2*1-2H3. The Hall–Kier alpha value is -2.09. The average molecular weight is 301 g/mol. The van der Waals surface area contributed by atoms with E-state index in [4.69, 9.17) is 0 Å². The molecule has 0 fully saturated rings. The first-order valence-electron chi connectivity index (χ1n) is 7.94. The second-order valence-corrected chi connectivity index (χ2v) is 4.10. The minimum atomic E-state index is -0.0370. The second kappa shape index (κ2) is 15.3. The van der Waals surface area contributed by atoms with Crippen molar-refractivity contribution in [2.45, 2.75) is 41.5 Å². The lowest BCUT2D eigenvalue weighted by Crippen LogP contribution is -2.17. The molecular weight excluding hydrogens is 270 g/mol. The fourth-order valence-electron chi connectivity index (χ4n) is 1.38. The van der Waals surface area contributed by atoms with Crippen LogP contribution in [-0.4, -0.2) is 13.0 Å². The number of nitrogens with one attached hydrogen (secondary N) is 1. The number of carbonyl (C=O) groups is 1. The Morgan fingerprint density at radius 1 is 0.727 bits per heavy atom. The molecule has 0 saturated heterocycles. The highest BCUT2D eigenvalue weighted by atomic mass is 16.1. The number of amides is 1. The van der Waals surface area contributed by atoms with Crippen molar-refractivity contribution in [1.82, 2.24) is 5.32 Å². The molecule has 0 atom stereocenters. The predicted octanol–water partition coefficient (Wildman–Crippen LogP) is 5.40. The summed E-state index contributed by atoms with van der Waals surface area (Å²) in [5, 5.41) is 2.56. The topological polar surface area (TPSA) is 29.1 Å². The van der Waals surface area contributed by atoms with Crippen LogP contribution in [0.5, 0.6) is 0 Å². The van der Waals surface area contributed by atoms with Gasteiger partial charge < -0.3 is 5.32 Å². The molecule has 2 nitrogen and oxygen atoms in total. The van der Waals surface area contributed by atoms with Gasteiger partial charge in [-0.3, -0.25) is 4.79 Å². The van der Waals surface area contributed by atoms with E-state index < -0.39 is 0 Å². The highest BCUT2D eigenvalue weighted by Crippen LogP contribution is 2.01. The van der Waals surface area contributed by atoms with Crippen LogP contribution in [0, 0.1) is 13.8 Å². The van der Waals surface area contributed by atoms with Gasteiger partial charge in [0.25, 0.3) is 5.91 Å². The lowest BCUT2D eigenvalue weighted by Gasteiger charge is -1.98. The lowest BCUT2D eigenvalue weighted by molar-refractivity contribution is 0.0963. The van der Waals surface area contributed by atoms with Crippen LogP contribution in [0.3, 0.4) is 0 Å². The molecule has 0 aliphatic carbocycles. The zero-order valence-electron chi connectivity index (χ0n) is 15.1. The van der Waals surface area contributed by atoms with Crippen molar-refractivity contribution in [1.29, 1.82) is 0 Å². The summed E-state index contributed by atoms with van der Waals surface area (Å²) in [6.07, 6.45) is 0. The summed E-state index contributed by atoms with van der Waals surface area (Å²) in [7, 11) is 1.63. The van der Waals surface area contributed by atoms with Crippen LogP contribution >= 0.6 is 0 Å². The number of aryl methyl sites for hydroxylation is 2. The van der Waals surface area contributed by atoms with E-state index in [9.17, 15) is 4.79 Å². The van der Waals surface area contributed by atoms with E-state index in [1.807, 2.05) is 77.1 Å². The van der Waals surface area contributed by atoms with Gasteiger partial charge in [0.1, 0.15) is 0 Å². The quantitative estimate of drug-likeness (QED) is 0.750. The molecule has 0 radical (unpaired) electrons. The first kappa shape index (κ1) is 22.2. The van der Waals surface area contributed by atoms with Crippen molar-refractivity contribution < 1.29 is 4.79 Å². The maximum atomic E-state index is 11.0. The summed E-state index contributed by atoms with van der Waals surface area (Å²) >= 11 is 0. The largest absolute Gasteiger partial charge is 0.355 e. The van der Waals surface area contributed by atoms with Gasteiger partial charge in [-0.2, -0.15) is 0 Å². The molecule has 2 aromatic rings. The van der Waals surface area contributed by atoms with E-state index in [1.54, 1.807) is 7.05 Å². The SMILES string of the molecule is CC.CC.CNC(=O)c1ccc(C)cc1.Cc1ccccc1. The molecule has 0 bridgehead atoms. The minimum absolute atomic E-state index is 0.0370. The molecule has 0 saturated carbocycles. The van der Waals surface area contributed by atoms with Crippen LogP contribution in [-0.2, 0) is 0 Å². The number of hydrogen-bond donors (Lipinski definition) is 1. The minimum Gasteiger partial charge on any atom is -0.355 e. The number of rotatable bonds is 1. The Balaban J connectivity index is 0. The van der Waals surface area contributed by atoms with Crippen molar-refractivity contribution >= 4 is 5.91 Å². The Bertz CT molecular complexity index is 475. The molecule has 0 heterocycles. The fraction of sp³-hybridized carbons (Fsp3) is 0.350.